The Hall–Kier alpha value is -1.06. The molecule has 2 aliphatic rings. The van der Waals surface area contributed by atoms with Gasteiger partial charge in [-0.05, 0) is 74.4 Å². The Morgan fingerprint density at radius 2 is 2.05 bits per heavy atom. The third kappa shape index (κ3) is 2.93. The van der Waals surface area contributed by atoms with E-state index in [9.17, 15) is 5.11 Å². The summed E-state index contributed by atoms with van der Waals surface area (Å²) in [6.07, 6.45) is 5.18. The van der Waals surface area contributed by atoms with Gasteiger partial charge in [-0.3, -0.25) is 0 Å². The lowest BCUT2D eigenvalue weighted by atomic mass is 9.87. The van der Waals surface area contributed by atoms with Crippen LogP contribution in [0.1, 0.15) is 42.9 Å². The number of benzene rings is 1. The maximum Gasteiger partial charge on any atom is 0.122 e. The summed E-state index contributed by atoms with van der Waals surface area (Å²) < 4.78 is 5.74. The Kier molecular flexibility index (Phi) is 4.04. The van der Waals surface area contributed by atoms with Crippen molar-refractivity contribution in [3.8, 4) is 5.75 Å². The number of hydrogen-bond donors (Lipinski definition) is 2. The molecule has 3 heteroatoms. The van der Waals surface area contributed by atoms with Crippen molar-refractivity contribution in [2.24, 2.45) is 5.92 Å². The summed E-state index contributed by atoms with van der Waals surface area (Å²) in [5.41, 5.74) is 2.33. The average Bonchev–Trinajstić information content (AvgIpc) is 2.72. The fraction of sp³-hybridized carbons (Fsp3) is 0.625. The molecule has 0 aromatic heterocycles. The van der Waals surface area contributed by atoms with E-state index in [2.05, 4.69) is 11.4 Å². The second-order valence-corrected chi connectivity index (χ2v) is 5.70. The van der Waals surface area contributed by atoms with Crippen LogP contribution in [0.25, 0.3) is 0 Å². The Morgan fingerprint density at radius 3 is 2.89 bits per heavy atom. The summed E-state index contributed by atoms with van der Waals surface area (Å²) in [4.78, 5) is 0. The van der Waals surface area contributed by atoms with Gasteiger partial charge in [0.1, 0.15) is 5.75 Å². The minimum absolute atomic E-state index is 0.323. The number of nitrogens with one attached hydrogen (secondary N) is 1. The molecule has 2 aliphatic heterocycles. The van der Waals surface area contributed by atoms with Crippen molar-refractivity contribution in [3.05, 3.63) is 29.3 Å². The van der Waals surface area contributed by atoms with Crippen LogP contribution in [-0.4, -0.2) is 24.8 Å². The maximum absolute atomic E-state index is 10.5. The molecule has 0 spiro atoms. The first-order chi connectivity index (χ1) is 9.34. The van der Waals surface area contributed by atoms with Gasteiger partial charge in [0.15, 0.2) is 0 Å². The van der Waals surface area contributed by atoms with Crippen LogP contribution in [0.3, 0.4) is 0 Å². The van der Waals surface area contributed by atoms with Gasteiger partial charge >= 0.3 is 0 Å². The largest absolute Gasteiger partial charge is 0.493 e. The zero-order valence-electron chi connectivity index (χ0n) is 11.4. The Balaban J connectivity index is 1.78. The van der Waals surface area contributed by atoms with Gasteiger partial charge in [0.05, 0.1) is 12.7 Å². The van der Waals surface area contributed by atoms with Crippen LogP contribution in [0, 0.1) is 5.92 Å². The van der Waals surface area contributed by atoms with E-state index in [1.54, 1.807) is 0 Å². The van der Waals surface area contributed by atoms with Crippen molar-refractivity contribution in [3.63, 3.8) is 0 Å². The van der Waals surface area contributed by atoms with Gasteiger partial charge in [-0.1, -0.05) is 6.07 Å². The van der Waals surface area contributed by atoms with E-state index in [0.717, 1.165) is 56.7 Å². The summed E-state index contributed by atoms with van der Waals surface area (Å²) in [6, 6.07) is 6.24. The minimum atomic E-state index is -0.323. The Bertz CT molecular complexity index is 427. The molecular weight excluding hydrogens is 238 g/mol. The van der Waals surface area contributed by atoms with Crippen LogP contribution in [0.4, 0.5) is 0 Å². The van der Waals surface area contributed by atoms with Crippen LogP contribution in [0.5, 0.6) is 5.75 Å². The number of fused-ring (bicyclic) bond motifs is 1. The van der Waals surface area contributed by atoms with Gasteiger partial charge in [-0.25, -0.2) is 0 Å². The number of rotatable bonds is 2. The summed E-state index contributed by atoms with van der Waals surface area (Å²) >= 11 is 0. The highest BCUT2D eigenvalue weighted by Crippen LogP contribution is 2.32. The molecule has 3 nitrogen and oxygen atoms in total. The highest BCUT2D eigenvalue weighted by Gasteiger charge is 2.23. The normalized spacial score (nSPS) is 22.2. The molecule has 2 heterocycles. The molecule has 19 heavy (non-hydrogen) atoms. The summed E-state index contributed by atoms with van der Waals surface area (Å²) in [6.45, 7) is 2.87. The molecule has 1 saturated heterocycles. The predicted octanol–water partition coefficient (Wildman–Crippen LogP) is 2.43. The molecule has 1 fully saturated rings. The molecule has 3 rings (SSSR count). The van der Waals surface area contributed by atoms with E-state index < -0.39 is 0 Å². The highest BCUT2D eigenvalue weighted by molar-refractivity contribution is 5.39. The van der Waals surface area contributed by atoms with E-state index in [0.29, 0.717) is 5.92 Å². The van der Waals surface area contributed by atoms with Crippen molar-refractivity contribution in [1.29, 1.82) is 0 Å². The van der Waals surface area contributed by atoms with E-state index in [1.807, 2.05) is 12.1 Å². The number of hydrogen-bond acceptors (Lipinski definition) is 3. The number of aliphatic hydroxyl groups excluding tert-OH is 1. The number of ether oxygens (including phenoxy) is 1. The van der Waals surface area contributed by atoms with Crippen LogP contribution in [0.2, 0.25) is 0 Å². The van der Waals surface area contributed by atoms with Gasteiger partial charge in [0.2, 0.25) is 0 Å². The summed E-state index contributed by atoms with van der Waals surface area (Å²) in [5.74, 6) is 1.41. The van der Waals surface area contributed by atoms with E-state index in [4.69, 9.17) is 4.74 Å². The van der Waals surface area contributed by atoms with Gasteiger partial charge in [0, 0.05) is 0 Å². The molecule has 0 amide bonds. The third-order valence-corrected chi connectivity index (χ3v) is 4.35. The van der Waals surface area contributed by atoms with E-state index in [1.165, 1.54) is 12.0 Å². The quantitative estimate of drug-likeness (QED) is 0.859. The van der Waals surface area contributed by atoms with Crippen LogP contribution >= 0.6 is 0 Å². The molecule has 0 bridgehead atoms. The lowest BCUT2D eigenvalue weighted by Crippen LogP contribution is -2.30. The van der Waals surface area contributed by atoms with Crippen LogP contribution in [-0.2, 0) is 6.42 Å². The Labute approximate surface area is 115 Å². The zero-order chi connectivity index (χ0) is 13.1. The minimum Gasteiger partial charge on any atom is -0.493 e. The lowest BCUT2D eigenvalue weighted by molar-refractivity contribution is 0.0888. The van der Waals surface area contributed by atoms with E-state index in [-0.39, 0.29) is 6.10 Å². The monoisotopic (exact) mass is 261 g/mol. The molecule has 104 valence electrons. The second-order valence-electron chi connectivity index (χ2n) is 5.70. The molecular formula is C16H23NO2. The van der Waals surface area contributed by atoms with Crippen LogP contribution in [0.15, 0.2) is 18.2 Å². The third-order valence-electron chi connectivity index (χ3n) is 4.35. The van der Waals surface area contributed by atoms with Gasteiger partial charge in [-0.15, -0.1) is 0 Å². The molecule has 1 aromatic carbocycles. The number of aliphatic hydroxyl groups is 1. The molecule has 1 atom stereocenters. The topological polar surface area (TPSA) is 41.5 Å². The van der Waals surface area contributed by atoms with Gasteiger partial charge in [-0.2, -0.15) is 0 Å². The average molecular weight is 261 g/mol. The summed E-state index contributed by atoms with van der Waals surface area (Å²) in [7, 11) is 0. The van der Waals surface area contributed by atoms with Crippen molar-refractivity contribution >= 4 is 0 Å². The fourth-order valence-electron chi connectivity index (χ4n) is 3.15. The van der Waals surface area contributed by atoms with E-state index >= 15 is 0 Å². The van der Waals surface area contributed by atoms with Gasteiger partial charge in [0.25, 0.3) is 0 Å². The van der Waals surface area contributed by atoms with Crippen molar-refractivity contribution in [1.82, 2.24) is 5.32 Å². The Morgan fingerprint density at radius 1 is 1.21 bits per heavy atom. The lowest BCUT2D eigenvalue weighted by Gasteiger charge is -2.27. The molecule has 0 aliphatic carbocycles. The standard InChI is InChI=1S/C16H23NO2/c18-16(12-6-8-17-9-7-12)14-4-5-15-13(11-14)3-1-2-10-19-15/h4-5,11-12,16-18H,1-3,6-10H2. The molecule has 1 aromatic rings. The molecule has 0 saturated carbocycles. The van der Waals surface area contributed by atoms with Crippen LogP contribution < -0.4 is 10.1 Å². The smallest absolute Gasteiger partial charge is 0.122 e. The number of aryl methyl sites for hydroxylation is 1. The molecule has 2 N–H and O–H groups in total. The first kappa shape index (κ1) is 12.9. The molecule has 0 radical (unpaired) electrons. The zero-order valence-corrected chi connectivity index (χ0v) is 11.4. The van der Waals surface area contributed by atoms with Crippen molar-refractivity contribution in [2.75, 3.05) is 19.7 Å². The first-order valence-electron chi connectivity index (χ1n) is 7.49. The van der Waals surface area contributed by atoms with Crippen molar-refractivity contribution in [2.45, 2.75) is 38.2 Å². The predicted molar refractivity (Wildman–Crippen MR) is 75.4 cm³/mol. The first-order valence-corrected chi connectivity index (χ1v) is 7.49. The van der Waals surface area contributed by atoms with Gasteiger partial charge < -0.3 is 15.2 Å². The fourth-order valence-corrected chi connectivity index (χ4v) is 3.15. The maximum atomic E-state index is 10.5. The highest BCUT2D eigenvalue weighted by atomic mass is 16.5. The molecule has 1 unspecified atom stereocenters. The second kappa shape index (κ2) is 5.93. The van der Waals surface area contributed by atoms with Crippen molar-refractivity contribution < 1.29 is 9.84 Å². The summed E-state index contributed by atoms with van der Waals surface area (Å²) in [5, 5.41) is 13.9. The number of piperidine rings is 1. The SMILES string of the molecule is OC(c1ccc2c(c1)CCCCO2)C1CCNCC1.